The summed E-state index contributed by atoms with van der Waals surface area (Å²) >= 11 is 4.63. The van der Waals surface area contributed by atoms with Crippen LogP contribution in [0.3, 0.4) is 0 Å². The number of rotatable bonds is 3. The first-order valence-corrected chi connectivity index (χ1v) is 6.67. The molecule has 18 heavy (non-hydrogen) atoms. The van der Waals surface area contributed by atoms with Gasteiger partial charge in [0.1, 0.15) is 0 Å². The summed E-state index contributed by atoms with van der Waals surface area (Å²) in [6.45, 7) is 1.90. The molecule has 0 saturated heterocycles. The largest absolute Gasteiger partial charge is 0.478 e. The molecule has 1 aromatic heterocycles. The van der Waals surface area contributed by atoms with Crippen molar-refractivity contribution < 1.29 is 9.90 Å². The monoisotopic (exact) mass is 324 g/mol. The minimum absolute atomic E-state index is 0.240. The van der Waals surface area contributed by atoms with Gasteiger partial charge in [0.05, 0.1) is 5.56 Å². The number of halogens is 1. The summed E-state index contributed by atoms with van der Waals surface area (Å²) in [6, 6.07) is 6.88. The van der Waals surface area contributed by atoms with Gasteiger partial charge in [0, 0.05) is 21.3 Å². The van der Waals surface area contributed by atoms with Gasteiger partial charge < -0.3 is 5.11 Å². The highest BCUT2D eigenvalue weighted by atomic mass is 79.9. The summed E-state index contributed by atoms with van der Waals surface area (Å²) < 4.78 is 0.549. The fraction of sp³-hybridized carbons (Fsp3) is 0.0833. The Labute approximate surface area is 117 Å². The van der Waals surface area contributed by atoms with Crippen molar-refractivity contribution in [1.82, 2.24) is 9.97 Å². The minimum atomic E-state index is -0.953. The second kappa shape index (κ2) is 5.49. The average Bonchev–Trinajstić information content (AvgIpc) is 2.28. The zero-order chi connectivity index (χ0) is 13.1. The van der Waals surface area contributed by atoms with Crippen molar-refractivity contribution in [2.45, 2.75) is 17.0 Å². The van der Waals surface area contributed by atoms with Crippen molar-refractivity contribution in [2.75, 3.05) is 0 Å². The van der Waals surface area contributed by atoms with Crippen LogP contribution in [0.5, 0.6) is 0 Å². The molecule has 0 atom stereocenters. The number of hydrogen-bond donors (Lipinski definition) is 1. The minimum Gasteiger partial charge on any atom is -0.478 e. The van der Waals surface area contributed by atoms with E-state index in [1.807, 2.05) is 13.0 Å². The van der Waals surface area contributed by atoms with E-state index >= 15 is 0 Å². The predicted octanol–water partition coefficient (Wildman–Crippen LogP) is 3.40. The summed E-state index contributed by atoms with van der Waals surface area (Å²) in [5.41, 5.74) is 1.14. The van der Waals surface area contributed by atoms with Gasteiger partial charge in [-0.2, -0.15) is 0 Å². The molecule has 2 rings (SSSR count). The van der Waals surface area contributed by atoms with E-state index in [1.165, 1.54) is 11.8 Å². The lowest BCUT2D eigenvalue weighted by Gasteiger charge is -2.03. The van der Waals surface area contributed by atoms with Gasteiger partial charge in [0.2, 0.25) is 0 Å². The standard InChI is InChI=1S/C12H9BrN2O2S/c1-7-4-5-14-12(15-7)18-8-2-3-9(11(16)17)10(13)6-8/h2-6H,1H3,(H,16,17). The van der Waals surface area contributed by atoms with E-state index < -0.39 is 5.97 Å². The number of carboxylic acids is 1. The quantitative estimate of drug-likeness (QED) is 0.877. The van der Waals surface area contributed by atoms with Crippen LogP contribution >= 0.6 is 27.7 Å². The summed E-state index contributed by atoms with van der Waals surface area (Å²) in [6.07, 6.45) is 1.70. The number of benzene rings is 1. The lowest BCUT2D eigenvalue weighted by Crippen LogP contribution is -1.97. The Morgan fingerprint density at radius 1 is 1.39 bits per heavy atom. The molecular weight excluding hydrogens is 316 g/mol. The highest BCUT2D eigenvalue weighted by Gasteiger charge is 2.09. The number of aryl methyl sites for hydroxylation is 1. The van der Waals surface area contributed by atoms with Gasteiger partial charge in [-0.1, -0.05) is 0 Å². The SMILES string of the molecule is Cc1ccnc(Sc2ccc(C(=O)O)c(Br)c2)n1. The molecule has 0 amide bonds. The lowest BCUT2D eigenvalue weighted by atomic mass is 10.2. The van der Waals surface area contributed by atoms with Gasteiger partial charge in [-0.15, -0.1) is 0 Å². The molecule has 1 aromatic carbocycles. The van der Waals surface area contributed by atoms with Crippen LogP contribution in [0.25, 0.3) is 0 Å². The zero-order valence-electron chi connectivity index (χ0n) is 9.42. The van der Waals surface area contributed by atoms with E-state index in [4.69, 9.17) is 5.11 Å². The maximum absolute atomic E-state index is 10.9. The van der Waals surface area contributed by atoms with Crippen molar-refractivity contribution >= 4 is 33.7 Å². The van der Waals surface area contributed by atoms with Crippen molar-refractivity contribution in [1.29, 1.82) is 0 Å². The first-order chi connectivity index (χ1) is 8.56. The van der Waals surface area contributed by atoms with Gasteiger partial charge in [-0.25, -0.2) is 14.8 Å². The number of aromatic carboxylic acids is 1. The molecule has 1 heterocycles. The zero-order valence-corrected chi connectivity index (χ0v) is 11.8. The van der Waals surface area contributed by atoms with E-state index in [9.17, 15) is 4.79 Å². The molecule has 4 nitrogen and oxygen atoms in total. The molecular formula is C12H9BrN2O2S. The Hall–Kier alpha value is -1.40. The fourth-order valence-electron chi connectivity index (χ4n) is 1.31. The molecule has 0 aliphatic carbocycles. The maximum Gasteiger partial charge on any atom is 0.336 e. The third-order valence-corrected chi connectivity index (χ3v) is 3.68. The average molecular weight is 325 g/mol. The second-order valence-electron chi connectivity index (χ2n) is 3.53. The van der Waals surface area contributed by atoms with Gasteiger partial charge in [0.25, 0.3) is 0 Å². The highest BCUT2D eigenvalue weighted by Crippen LogP contribution is 2.28. The lowest BCUT2D eigenvalue weighted by molar-refractivity contribution is 0.0696. The summed E-state index contributed by atoms with van der Waals surface area (Å²) in [4.78, 5) is 20.2. The van der Waals surface area contributed by atoms with E-state index in [0.29, 0.717) is 9.63 Å². The van der Waals surface area contributed by atoms with Crippen molar-refractivity contribution in [3.63, 3.8) is 0 Å². The molecule has 92 valence electrons. The van der Waals surface area contributed by atoms with Crippen molar-refractivity contribution in [3.8, 4) is 0 Å². The Bertz CT molecular complexity index is 604. The molecule has 0 radical (unpaired) electrons. The predicted molar refractivity (Wildman–Crippen MR) is 72.0 cm³/mol. The van der Waals surface area contributed by atoms with Crippen molar-refractivity contribution in [2.24, 2.45) is 0 Å². The molecule has 0 spiro atoms. The summed E-state index contributed by atoms with van der Waals surface area (Å²) in [5.74, 6) is -0.953. The molecule has 0 aliphatic rings. The Kier molecular flexibility index (Phi) is 3.98. The molecule has 1 N–H and O–H groups in total. The first kappa shape index (κ1) is 13.0. The van der Waals surface area contributed by atoms with E-state index in [-0.39, 0.29) is 5.56 Å². The normalized spacial score (nSPS) is 10.3. The van der Waals surface area contributed by atoms with Gasteiger partial charge in [-0.3, -0.25) is 0 Å². The van der Waals surface area contributed by atoms with Gasteiger partial charge in [-0.05, 0) is 58.9 Å². The van der Waals surface area contributed by atoms with Crippen LogP contribution in [0.1, 0.15) is 16.1 Å². The van der Waals surface area contributed by atoms with Crippen molar-refractivity contribution in [3.05, 3.63) is 46.2 Å². The number of carboxylic acid groups (broad SMARTS) is 1. The van der Waals surface area contributed by atoms with Crippen LogP contribution in [0.4, 0.5) is 0 Å². The third-order valence-electron chi connectivity index (χ3n) is 2.15. The molecule has 0 saturated carbocycles. The van der Waals surface area contributed by atoms with Gasteiger partial charge >= 0.3 is 5.97 Å². The van der Waals surface area contributed by atoms with Crippen LogP contribution in [0.15, 0.2) is 45.0 Å². The molecule has 0 unspecified atom stereocenters. The van der Waals surface area contributed by atoms with E-state index in [0.717, 1.165) is 10.6 Å². The Balaban J connectivity index is 2.25. The molecule has 0 bridgehead atoms. The number of nitrogens with zero attached hydrogens (tertiary/aromatic N) is 2. The van der Waals surface area contributed by atoms with E-state index in [1.54, 1.807) is 24.4 Å². The van der Waals surface area contributed by atoms with Crippen LogP contribution in [-0.2, 0) is 0 Å². The summed E-state index contributed by atoms with van der Waals surface area (Å²) in [7, 11) is 0. The Morgan fingerprint density at radius 2 is 2.17 bits per heavy atom. The smallest absolute Gasteiger partial charge is 0.336 e. The third kappa shape index (κ3) is 3.08. The number of aromatic nitrogens is 2. The van der Waals surface area contributed by atoms with Gasteiger partial charge in [0.15, 0.2) is 5.16 Å². The second-order valence-corrected chi connectivity index (χ2v) is 5.42. The van der Waals surface area contributed by atoms with Crippen LogP contribution < -0.4 is 0 Å². The van der Waals surface area contributed by atoms with Crippen LogP contribution in [-0.4, -0.2) is 21.0 Å². The fourth-order valence-corrected chi connectivity index (χ4v) is 2.84. The molecule has 6 heteroatoms. The number of hydrogen-bond acceptors (Lipinski definition) is 4. The first-order valence-electron chi connectivity index (χ1n) is 5.06. The molecule has 0 aliphatic heterocycles. The number of carbonyl (C=O) groups is 1. The molecule has 0 fully saturated rings. The molecule has 2 aromatic rings. The van der Waals surface area contributed by atoms with Crippen LogP contribution in [0, 0.1) is 6.92 Å². The van der Waals surface area contributed by atoms with E-state index in [2.05, 4.69) is 25.9 Å². The Morgan fingerprint density at radius 3 is 2.78 bits per heavy atom. The maximum atomic E-state index is 10.9. The van der Waals surface area contributed by atoms with Crippen LogP contribution in [0.2, 0.25) is 0 Å². The topological polar surface area (TPSA) is 63.1 Å². The summed E-state index contributed by atoms with van der Waals surface area (Å²) in [5, 5.41) is 9.56. The highest BCUT2D eigenvalue weighted by molar-refractivity contribution is 9.10.